The number of aryl methyl sites for hydroxylation is 3. The molecule has 3 rings (SSSR count). The van der Waals surface area contributed by atoms with Crippen LogP contribution in [-0.4, -0.2) is 22.6 Å². The molecule has 0 unspecified atom stereocenters. The normalized spacial score (nSPS) is 10.9. The summed E-state index contributed by atoms with van der Waals surface area (Å²) in [5.41, 5.74) is 9.68. The minimum Gasteiger partial charge on any atom is -0.344 e. The number of rotatable bonds is 5. The number of nitrogens with zero attached hydrogens (tertiary/aromatic N) is 2. The van der Waals surface area contributed by atoms with E-state index in [2.05, 4.69) is 46.4 Å². The number of hydrogen-bond acceptors (Lipinski definition) is 3. The van der Waals surface area contributed by atoms with Crippen LogP contribution in [0.3, 0.4) is 0 Å². The first-order valence-electron chi connectivity index (χ1n) is 9.79. The summed E-state index contributed by atoms with van der Waals surface area (Å²) in [5.74, 6) is -1.53. The van der Waals surface area contributed by atoms with Gasteiger partial charge in [-0.1, -0.05) is 48.5 Å². The van der Waals surface area contributed by atoms with Crippen molar-refractivity contribution in [3.8, 4) is 5.69 Å². The number of para-hydroxylation sites is 1. The Morgan fingerprint density at radius 1 is 0.933 bits per heavy atom. The lowest BCUT2D eigenvalue weighted by Gasteiger charge is -2.15. The maximum atomic E-state index is 12.0. The largest absolute Gasteiger partial charge is 0.344 e. The number of aromatic nitrogens is 1. The number of carbonyl (C=O) groups excluding carboxylic acids is 2. The molecule has 6 heteroatoms. The van der Waals surface area contributed by atoms with Gasteiger partial charge in [-0.2, -0.15) is 5.10 Å². The van der Waals surface area contributed by atoms with Crippen LogP contribution in [0, 0.1) is 27.7 Å². The highest BCUT2D eigenvalue weighted by Gasteiger charge is 2.14. The predicted molar refractivity (Wildman–Crippen MR) is 119 cm³/mol. The lowest BCUT2D eigenvalue weighted by atomic mass is 10.1. The minimum absolute atomic E-state index is 0.285. The highest BCUT2D eigenvalue weighted by Crippen LogP contribution is 2.25. The van der Waals surface area contributed by atoms with E-state index in [0.29, 0.717) is 0 Å². The molecule has 0 saturated heterocycles. The third-order valence-electron chi connectivity index (χ3n) is 5.01. The fourth-order valence-corrected chi connectivity index (χ4v) is 3.49. The number of hydrazone groups is 1. The van der Waals surface area contributed by atoms with Gasteiger partial charge in [0.05, 0.1) is 11.9 Å². The van der Waals surface area contributed by atoms with Crippen LogP contribution in [0.2, 0.25) is 0 Å². The topological polar surface area (TPSA) is 75.5 Å². The van der Waals surface area contributed by atoms with E-state index < -0.39 is 11.8 Å². The maximum absolute atomic E-state index is 12.0. The SMILES string of the molecule is Cc1cccc(C)c1-n1c(C)cc(/C=N\NC(=O)C(=O)NCc2ccccc2)c1C. The van der Waals surface area contributed by atoms with E-state index in [1.807, 2.05) is 56.3 Å². The van der Waals surface area contributed by atoms with E-state index in [9.17, 15) is 9.59 Å². The van der Waals surface area contributed by atoms with Crippen LogP contribution in [0.4, 0.5) is 0 Å². The molecule has 6 nitrogen and oxygen atoms in total. The Kier molecular flexibility index (Phi) is 6.47. The third kappa shape index (κ3) is 4.66. The third-order valence-corrected chi connectivity index (χ3v) is 5.01. The van der Waals surface area contributed by atoms with Crippen LogP contribution in [0.25, 0.3) is 5.69 Å². The van der Waals surface area contributed by atoms with E-state index in [1.165, 1.54) is 11.1 Å². The van der Waals surface area contributed by atoms with Crippen molar-refractivity contribution < 1.29 is 9.59 Å². The summed E-state index contributed by atoms with van der Waals surface area (Å²) in [4.78, 5) is 23.9. The molecule has 30 heavy (non-hydrogen) atoms. The van der Waals surface area contributed by atoms with Crippen molar-refractivity contribution in [1.82, 2.24) is 15.3 Å². The van der Waals surface area contributed by atoms with Crippen molar-refractivity contribution in [1.29, 1.82) is 0 Å². The van der Waals surface area contributed by atoms with Crippen molar-refractivity contribution in [2.24, 2.45) is 5.10 Å². The van der Waals surface area contributed by atoms with Gasteiger partial charge in [-0.15, -0.1) is 0 Å². The van der Waals surface area contributed by atoms with E-state index in [4.69, 9.17) is 0 Å². The van der Waals surface area contributed by atoms with E-state index in [-0.39, 0.29) is 6.54 Å². The molecule has 0 spiro atoms. The van der Waals surface area contributed by atoms with Gasteiger partial charge in [-0.25, -0.2) is 5.43 Å². The first kappa shape index (κ1) is 21.0. The molecule has 0 aliphatic rings. The van der Waals surface area contributed by atoms with Gasteiger partial charge in [-0.05, 0) is 50.5 Å². The summed E-state index contributed by atoms with van der Waals surface area (Å²) in [5, 5.41) is 6.55. The summed E-state index contributed by atoms with van der Waals surface area (Å²) < 4.78 is 2.18. The van der Waals surface area contributed by atoms with Crippen LogP contribution >= 0.6 is 0 Å². The van der Waals surface area contributed by atoms with Crippen molar-refractivity contribution in [3.63, 3.8) is 0 Å². The fourth-order valence-electron chi connectivity index (χ4n) is 3.49. The van der Waals surface area contributed by atoms with Gasteiger partial charge in [-0.3, -0.25) is 9.59 Å². The fraction of sp³-hybridized carbons (Fsp3) is 0.208. The van der Waals surface area contributed by atoms with Crippen molar-refractivity contribution in [2.75, 3.05) is 0 Å². The van der Waals surface area contributed by atoms with Gasteiger partial charge >= 0.3 is 11.8 Å². The van der Waals surface area contributed by atoms with Gasteiger partial charge in [0.15, 0.2) is 0 Å². The second-order valence-corrected chi connectivity index (χ2v) is 7.27. The Hall–Kier alpha value is -3.67. The zero-order chi connectivity index (χ0) is 21.7. The summed E-state index contributed by atoms with van der Waals surface area (Å²) in [6.45, 7) is 8.50. The van der Waals surface area contributed by atoms with Gasteiger partial charge < -0.3 is 9.88 Å². The van der Waals surface area contributed by atoms with E-state index >= 15 is 0 Å². The van der Waals surface area contributed by atoms with E-state index in [1.54, 1.807) is 6.21 Å². The number of benzene rings is 2. The molecule has 1 aromatic heterocycles. The molecule has 0 aliphatic heterocycles. The van der Waals surface area contributed by atoms with Crippen LogP contribution < -0.4 is 10.7 Å². The lowest BCUT2D eigenvalue weighted by molar-refractivity contribution is -0.139. The molecule has 0 bridgehead atoms. The Balaban J connectivity index is 1.67. The number of hydrogen-bond donors (Lipinski definition) is 2. The molecule has 3 aromatic rings. The van der Waals surface area contributed by atoms with E-state index in [0.717, 1.165) is 28.2 Å². The minimum atomic E-state index is -0.800. The van der Waals surface area contributed by atoms with Crippen molar-refractivity contribution in [2.45, 2.75) is 34.2 Å². The lowest BCUT2D eigenvalue weighted by Crippen LogP contribution is -2.37. The van der Waals surface area contributed by atoms with Crippen LogP contribution in [0.5, 0.6) is 0 Å². The molecule has 0 atom stereocenters. The quantitative estimate of drug-likeness (QED) is 0.389. The number of amides is 2. The molecule has 0 saturated carbocycles. The van der Waals surface area contributed by atoms with Crippen LogP contribution in [0.15, 0.2) is 59.7 Å². The second-order valence-electron chi connectivity index (χ2n) is 7.27. The predicted octanol–water partition coefficient (Wildman–Crippen LogP) is 3.48. The molecule has 0 radical (unpaired) electrons. The Morgan fingerprint density at radius 3 is 2.27 bits per heavy atom. The monoisotopic (exact) mass is 402 g/mol. The zero-order valence-corrected chi connectivity index (χ0v) is 17.7. The molecule has 2 N–H and O–H groups in total. The maximum Gasteiger partial charge on any atom is 0.329 e. The summed E-state index contributed by atoms with van der Waals surface area (Å²) >= 11 is 0. The summed E-state index contributed by atoms with van der Waals surface area (Å²) in [7, 11) is 0. The van der Waals surface area contributed by atoms with Gasteiger partial charge in [0.25, 0.3) is 0 Å². The second kappa shape index (κ2) is 9.22. The highest BCUT2D eigenvalue weighted by molar-refractivity contribution is 6.35. The summed E-state index contributed by atoms with van der Waals surface area (Å²) in [6.07, 6.45) is 1.56. The average molecular weight is 402 g/mol. The standard InChI is InChI=1S/C24H26N4O2/c1-16-9-8-10-17(2)22(16)28-18(3)13-21(19(28)4)15-26-27-24(30)23(29)25-14-20-11-6-5-7-12-20/h5-13,15H,14H2,1-4H3,(H,25,29)(H,27,30)/b26-15-. The first-order chi connectivity index (χ1) is 14.4. The molecular weight excluding hydrogens is 376 g/mol. The Labute approximate surface area is 176 Å². The van der Waals surface area contributed by atoms with Crippen molar-refractivity contribution >= 4 is 18.0 Å². The van der Waals surface area contributed by atoms with Crippen LogP contribution in [0.1, 0.15) is 33.6 Å². The first-order valence-corrected chi connectivity index (χ1v) is 9.79. The zero-order valence-electron chi connectivity index (χ0n) is 17.7. The molecule has 2 amide bonds. The summed E-state index contributed by atoms with van der Waals surface area (Å²) in [6, 6.07) is 17.6. The average Bonchev–Trinajstić information content (AvgIpc) is 3.00. The smallest absolute Gasteiger partial charge is 0.329 e. The molecule has 2 aromatic carbocycles. The molecule has 1 heterocycles. The highest BCUT2D eigenvalue weighted by atomic mass is 16.2. The molecular formula is C24H26N4O2. The Bertz CT molecular complexity index is 1080. The van der Waals surface area contributed by atoms with Crippen LogP contribution in [-0.2, 0) is 16.1 Å². The van der Waals surface area contributed by atoms with Gasteiger partial charge in [0.2, 0.25) is 0 Å². The van der Waals surface area contributed by atoms with Crippen molar-refractivity contribution in [3.05, 3.63) is 88.2 Å². The van der Waals surface area contributed by atoms with Gasteiger partial charge in [0, 0.05) is 23.5 Å². The number of nitrogens with one attached hydrogen (secondary N) is 2. The van der Waals surface area contributed by atoms with Gasteiger partial charge in [0.1, 0.15) is 0 Å². The number of carbonyl (C=O) groups is 2. The Morgan fingerprint density at radius 2 is 1.60 bits per heavy atom. The molecule has 154 valence electrons. The molecule has 0 fully saturated rings. The molecule has 0 aliphatic carbocycles.